The topological polar surface area (TPSA) is 66.4 Å². The lowest BCUT2D eigenvalue weighted by Gasteiger charge is -2.24. The normalized spacial score (nSPS) is 16.9. The highest BCUT2D eigenvalue weighted by atomic mass is 19.1. The van der Waals surface area contributed by atoms with Crippen LogP contribution < -0.4 is 5.32 Å². The second-order valence-electron chi connectivity index (χ2n) is 5.44. The van der Waals surface area contributed by atoms with E-state index < -0.39 is 11.4 Å². The summed E-state index contributed by atoms with van der Waals surface area (Å²) in [7, 11) is 0. The number of carboxylic acid groups (broad SMARTS) is 1. The minimum absolute atomic E-state index is 0.123. The van der Waals surface area contributed by atoms with E-state index in [1.54, 1.807) is 6.92 Å². The number of benzene rings is 1. The van der Waals surface area contributed by atoms with Crippen molar-refractivity contribution in [3.05, 3.63) is 35.1 Å². The zero-order valence-electron chi connectivity index (χ0n) is 11.4. The van der Waals surface area contributed by atoms with Crippen molar-refractivity contribution in [2.75, 3.05) is 6.54 Å². The molecule has 0 bridgehead atoms. The molecule has 5 heteroatoms. The third-order valence-electron chi connectivity index (χ3n) is 4.02. The Kier molecular flexibility index (Phi) is 4.06. The van der Waals surface area contributed by atoms with Crippen LogP contribution in [0.3, 0.4) is 0 Å². The average molecular weight is 279 g/mol. The van der Waals surface area contributed by atoms with Crippen molar-refractivity contribution in [1.29, 1.82) is 0 Å². The Morgan fingerprint density at radius 1 is 1.35 bits per heavy atom. The second kappa shape index (κ2) is 5.61. The highest BCUT2D eigenvalue weighted by Gasteiger charge is 2.41. The molecule has 0 unspecified atom stereocenters. The molecule has 0 atom stereocenters. The van der Waals surface area contributed by atoms with Crippen molar-refractivity contribution in [3.8, 4) is 0 Å². The number of aliphatic carboxylic acids is 1. The maximum Gasteiger partial charge on any atom is 0.311 e. The Morgan fingerprint density at radius 2 is 2.00 bits per heavy atom. The first kappa shape index (κ1) is 14.5. The largest absolute Gasteiger partial charge is 0.481 e. The second-order valence-corrected chi connectivity index (χ2v) is 5.44. The number of aryl methyl sites for hydroxylation is 1. The zero-order valence-corrected chi connectivity index (χ0v) is 11.4. The van der Waals surface area contributed by atoms with Crippen molar-refractivity contribution in [2.24, 2.45) is 5.41 Å². The molecule has 0 radical (unpaired) electrons. The van der Waals surface area contributed by atoms with Gasteiger partial charge in [0.2, 0.25) is 0 Å². The number of nitrogens with one attached hydrogen (secondary N) is 1. The van der Waals surface area contributed by atoms with Crippen LogP contribution in [0.2, 0.25) is 0 Å². The first-order valence-corrected chi connectivity index (χ1v) is 6.72. The molecule has 4 nitrogen and oxygen atoms in total. The number of hydrogen-bond donors (Lipinski definition) is 2. The minimum atomic E-state index is -0.856. The van der Waals surface area contributed by atoms with Crippen molar-refractivity contribution in [1.82, 2.24) is 5.32 Å². The van der Waals surface area contributed by atoms with Gasteiger partial charge in [-0.1, -0.05) is 12.8 Å². The first-order chi connectivity index (χ1) is 9.44. The van der Waals surface area contributed by atoms with Gasteiger partial charge in [-0.25, -0.2) is 4.39 Å². The van der Waals surface area contributed by atoms with Gasteiger partial charge in [0.05, 0.1) is 5.41 Å². The molecule has 2 rings (SSSR count). The fraction of sp³-hybridized carbons (Fsp3) is 0.467. The molecule has 2 N–H and O–H groups in total. The lowest BCUT2D eigenvalue weighted by atomic mass is 9.86. The Bertz CT molecular complexity index is 536. The Labute approximate surface area is 117 Å². The van der Waals surface area contributed by atoms with Crippen LogP contribution in [0.1, 0.15) is 41.6 Å². The number of amides is 1. The summed E-state index contributed by atoms with van der Waals surface area (Å²) in [5.41, 5.74) is -0.0982. The van der Waals surface area contributed by atoms with Crippen LogP contribution >= 0.6 is 0 Å². The fourth-order valence-electron chi connectivity index (χ4n) is 2.66. The Balaban J connectivity index is 2.04. The van der Waals surface area contributed by atoms with Gasteiger partial charge in [-0.2, -0.15) is 0 Å². The Morgan fingerprint density at radius 3 is 2.55 bits per heavy atom. The van der Waals surface area contributed by atoms with E-state index in [0.29, 0.717) is 24.0 Å². The van der Waals surface area contributed by atoms with Gasteiger partial charge >= 0.3 is 5.97 Å². The van der Waals surface area contributed by atoms with Gasteiger partial charge in [0.25, 0.3) is 5.91 Å². The molecule has 1 fully saturated rings. The van der Waals surface area contributed by atoms with Crippen molar-refractivity contribution >= 4 is 11.9 Å². The molecule has 0 spiro atoms. The molecule has 1 saturated carbocycles. The van der Waals surface area contributed by atoms with Gasteiger partial charge in [-0.15, -0.1) is 0 Å². The summed E-state index contributed by atoms with van der Waals surface area (Å²) < 4.78 is 13.2. The van der Waals surface area contributed by atoms with Crippen LogP contribution in [-0.2, 0) is 4.79 Å². The van der Waals surface area contributed by atoms with E-state index in [4.69, 9.17) is 0 Å². The molecule has 108 valence electrons. The molecular formula is C15H18FNO3. The molecule has 1 aliphatic carbocycles. The number of carbonyl (C=O) groups excluding carboxylic acids is 1. The molecule has 0 aliphatic heterocycles. The van der Waals surface area contributed by atoms with Gasteiger partial charge in [-0.05, 0) is 43.5 Å². The molecule has 1 aliphatic rings. The Hall–Kier alpha value is -1.91. The van der Waals surface area contributed by atoms with E-state index >= 15 is 0 Å². The average Bonchev–Trinajstić information content (AvgIpc) is 2.89. The van der Waals surface area contributed by atoms with Crippen molar-refractivity contribution in [3.63, 3.8) is 0 Å². The minimum Gasteiger partial charge on any atom is -0.481 e. The quantitative estimate of drug-likeness (QED) is 0.890. The molecule has 1 aromatic rings. The lowest BCUT2D eigenvalue weighted by Crippen LogP contribution is -2.41. The van der Waals surface area contributed by atoms with E-state index in [2.05, 4.69) is 5.32 Å². The summed E-state index contributed by atoms with van der Waals surface area (Å²) in [6.45, 7) is 1.71. The maximum absolute atomic E-state index is 13.2. The van der Waals surface area contributed by atoms with E-state index in [1.165, 1.54) is 18.2 Å². The molecular weight excluding hydrogens is 261 g/mol. The third kappa shape index (κ3) is 2.81. The van der Waals surface area contributed by atoms with Crippen LogP contribution in [0, 0.1) is 18.2 Å². The van der Waals surface area contributed by atoms with Crippen LogP contribution in [0.5, 0.6) is 0 Å². The molecule has 20 heavy (non-hydrogen) atoms. The summed E-state index contributed by atoms with van der Waals surface area (Å²) in [6, 6.07) is 4.11. The number of hydrogen-bond acceptors (Lipinski definition) is 2. The monoisotopic (exact) mass is 279 g/mol. The number of carbonyl (C=O) groups is 2. The van der Waals surface area contributed by atoms with Gasteiger partial charge < -0.3 is 10.4 Å². The van der Waals surface area contributed by atoms with Gasteiger partial charge in [0.1, 0.15) is 5.82 Å². The summed E-state index contributed by atoms with van der Waals surface area (Å²) in [6.07, 6.45) is 2.92. The van der Waals surface area contributed by atoms with E-state index in [-0.39, 0.29) is 18.3 Å². The lowest BCUT2D eigenvalue weighted by molar-refractivity contribution is -0.148. The molecule has 0 aromatic heterocycles. The van der Waals surface area contributed by atoms with Crippen molar-refractivity contribution in [2.45, 2.75) is 32.6 Å². The van der Waals surface area contributed by atoms with E-state index in [9.17, 15) is 19.1 Å². The molecule has 1 amide bonds. The summed E-state index contributed by atoms with van der Waals surface area (Å²) in [4.78, 5) is 23.4. The number of carboxylic acids is 1. The summed E-state index contributed by atoms with van der Waals surface area (Å²) in [5, 5.41) is 12.0. The summed E-state index contributed by atoms with van der Waals surface area (Å²) in [5.74, 6) is -1.58. The van der Waals surface area contributed by atoms with Gasteiger partial charge in [0, 0.05) is 12.1 Å². The fourth-order valence-corrected chi connectivity index (χ4v) is 2.66. The standard InChI is InChI=1S/C15H18FNO3/c1-10-8-11(4-5-12(10)16)13(18)17-9-15(14(19)20)6-2-3-7-15/h4-5,8H,2-3,6-7,9H2,1H3,(H,17,18)(H,19,20). The summed E-state index contributed by atoms with van der Waals surface area (Å²) >= 11 is 0. The third-order valence-corrected chi connectivity index (χ3v) is 4.02. The van der Waals surface area contributed by atoms with E-state index in [1.807, 2.05) is 0 Å². The maximum atomic E-state index is 13.2. The molecule has 0 saturated heterocycles. The van der Waals surface area contributed by atoms with Crippen LogP contribution in [-0.4, -0.2) is 23.5 Å². The highest BCUT2D eigenvalue weighted by molar-refractivity contribution is 5.94. The van der Waals surface area contributed by atoms with Crippen LogP contribution in [0.15, 0.2) is 18.2 Å². The number of halogens is 1. The zero-order chi connectivity index (χ0) is 14.8. The van der Waals surface area contributed by atoms with Gasteiger partial charge in [-0.3, -0.25) is 9.59 Å². The van der Waals surface area contributed by atoms with Crippen molar-refractivity contribution < 1.29 is 19.1 Å². The first-order valence-electron chi connectivity index (χ1n) is 6.72. The van der Waals surface area contributed by atoms with Gasteiger partial charge in [0.15, 0.2) is 0 Å². The number of rotatable bonds is 4. The molecule has 1 aromatic carbocycles. The van der Waals surface area contributed by atoms with Crippen LogP contribution in [0.25, 0.3) is 0 Å². The predicted octanol–water partition coefficient (Wildman–Crippen LogP) is 2.51. The van der Waals surface area contributed by atoms with Crippen LogP contribution in [0.4, 0.5) is 4.39 Å². The SMILES string of the molecule is Cc1cc(C(=O)NCC2(C(=O)O)CCCC2)ccc1F. The highest BCUT2D eigenvalue weighted by Crippen LogP contribution is 2.37. The smallest absolute Gasteiger partial charge is 0.311 e. The van der Waals surface area contributed by atoms with E-state index in [0.717, 1.165) is 12.8 Å². The predicted molar refractivity (Wildman–Crippen MR) is 72.0 cm³/mol. The molecule has 0 heterocycles.